The molecule has 3 rings (SSSR count). The second kappa shape index (κ2) is 7.15. The zero-order valence-corrected chi connectivity index (χ0v) is 15.5. The van der Waals surface area contributed by atoms with Gasteiger partial charge in [0, 0.05) is 38.6 Å². The van der Waals surface area contributed by atoms with Crippen LogP contribution in [0.2, 0.25) is 0 Å². The highest BCUT2D eigenvalue weighted by atomic mass is 32.2. The summed E-state index contributed by atoms with van der Waals surface area (Å²) in [4.78, 5) is 14.0. The predicted octanol–water partition coefficient (Wildman–Crippen LogP) is -0.164. The molecule has 9 heteroatoms. The molecule has 0 bridgehead atoms. The molecular weight excluding hydrogens is 360 g/mol. The van der Waals surface area contributed by atoms with Gasteiger partial charge in [-0.25, -0.2) is 12.7 Å². The van der Waals surface area contributed by atoms with Gasteiger partial charge in [0.2, 0.25) is 10.0 Å². The molecule has 2 N–H and O–H groups in total. The van der Waals surface area contributed by atoms with E-state index in [1.807, 2.05) is 18.2 Å². The van der Waals surface area contributed by atoms with Crippen molar-refractivity contribution in [1.82, 2.24) is 9.21 Å². The monoisotopic (exact) mass is 384 g/mol. The fourth-order valence-corrected chi connectivity index (χ4v) is 4.87. The SMILES string of the molecule is CS(=O)(=O)N1C[C@H]2CN(Cc3cccc(OCCO)c3)C[C@@]2(C(=O)O)C1. The van der Waals surface area contributed by atoms with Gasteiger partial charge >= 0.3 is 5.97 Å². The van der Waals surface area contributed by atoms with Crippen LogP contribution >= 0.6 is 0 Å². The van der Waals surface area contributed by atoms with E-state index in [1.165, 1.54) is 4.31 Å². The van der Waals surface area contributed by atoms with Crippen LogP contribution in [-0.4, -0.2) is 79.5 Å². The van der Waals surface area contributed by atoms with E-state index in [-0.39, 0.29) is 32.2 Å². The van der Waals surface area contributed by atoms with Crippen molar-refractivity contribution in [2.45, 2.75) is 6.54 Å². The van der Waals surface area contributed by atoms with Crippen molar-refractivity contribution in [1.29, 1.82) is 0 Å². The molecule has 0 saturated carbocycles. The molecule has 0 radical (unpaired) electrons. The standard InChI is InChI=1S/C17H24N2O6S/c1-26(23,24)19-10-14-9-18(11-17(14,12-19)16(21)22)8-13-3-2-4-15(7-13)25-6-5-20/h2-4,7,14,20H,5-6,8-12H2,1H3,(H,21,22)/t14-,17-/m1/s1. The van der Waals surface area contributed by atoms with Crippen molar-refractivity contribution >= 4 is 16.0 Å². The van der Waals surface area contributed by atoms with E-state index < -0.39 is 21.4 Å². The Morgan fingerprint density at radius 2 is 2.12 bits per heavy atom. The molecule has 0 aromatic heterocycles. The third-order valence-corrected chi connectivity index (χ3v) is 6.42. The molecule has 2 heterocycles. The molecule has 2 atom stereocenters. The predicted molar refractivity (Wildman–Crippen MR) is 94.3 cm³/mol. The summed E-state index contributed by atoms with van der Waals surface area (Å²) >= 11 is 0. The number of aliphatic hydroxyl groups excluding tert-OH is 1. The van der Waals surface area contributed by atoms with Crippen molar-refractivity contribution in [3.63, 3.8) is 0 Å². The van der Waals surface area contributed by atoms with Gasteiger partial charge in [-0.2, -0.15) is 0 Å². The molecule has 144 valence electrons. The number of sulfonamides is 1. The van der Waals surface area contributed by atoms with Crippen molar-refractivity contribution < 1.29 is 28.2 Å². The summed E-state index contributed by atoms with van der Waals surface area (Å²) in [7, 11) is -3.39. The van der Waals surface area contributed by atoms with Crippen LogP contribution in [-0.2, 0) is 21.4 Å². The molecule has 0 unspecified atom stereocenters. The molecule has 0 spiro atoms. The van der Waals surface area contributed by atoms with Crippen molar-refractivity contribution in [2.75, 3.05) is 45.6 Å². The summed E-state index contributed by atoms with van der Waals surface area (Å²) < 4.78 is 30.3. The Kier molecular flexibility index (Phi) is 5.25. The molecule has 1 aromatic rings. The second-order valence-corrected chi connectivity index (χ2v) is 9.09. The Hall–Kier alpha value is -1.68. The molecule has 0 aliphatic carbocycles. The van der Waals surface area contributed by atoms with Crippen LogP contribution in [0.1, 0.15) is 5.56 Å². The summed E-state index contributed by atoms with van der Waals surface area (Å²) in [6, 6.07) is 7.48. The first kappa shape index (κ1) is 19.1. The van der Waals surface area contributed by atoms with Crippen LogP contribution in [0.3, 0.4) is 0 Å². The number of rotatable bonds is 7. The number of carboxylic acid groups (broad SMARTS) is 1. The first-order valence-electron chi connectivity index (χ1n) is 8.48. The van der Waals surface area contributed by atoms with E-state index in [1.54, 1.807) is 6.07 Å². The lowest BCUT2D eigenvalue weighted by Gasteiger charge is -2.24. The average molecular weight is 384 g/mol. The molecule has 8 nitrogen and oxygen atoms in total. The van der Waals surface area contributed by atoms with Gasteiger partial charge in [-0.05, 0) is 17.7 Å². The highest BCUT2D eigenvalue weighted by molar-refractivity contribution is 7.88. The first-order chi connectivity index (χ1) is 12.2. The maximum atomic E-state index is 12.0. The van der Waals surface area contributed by atoms with E-state index in [2.05, 4.69) is 4.90 Å². The Balaban J connectivity index is 1.71. The van der Waals surface area contributed by atoms with Gasteiger partial charge in [-0.15, -0.1) is 0 Å². The molecule has 2 aliphatic rings. The minimum absolute atomic E-state index is 0.0297. The highest BCUT2D eigenvalue weighted by Crippen LogP contribution is 2.44. The van der Waals surface area contributed by atoms with Crippen LogP contribution < -0.4 is 4.74 Å². The van der Waals surface area contributed by atoms with Gasteiger partial charge in [0.1, 0.15) is 12.4 Å². The molecule has 2 aliphatic heterocycles. The Bertz CT molecular complexity index is 783. The quantitative estimate of drug-likeness (QED) is 0.672. The number of aliphatic hydroxyl groups is 1. The molecular formula is C17H24N2O6S. The van der Waals surface area contributed by atoms with Gasteiger partial charge in [-0.1, -0.05) is 12.1 Å². The van der Waals surface area contributed by atoms with Gasteiger partial charge in [0.05, 0.1) is 18.3 Å². The topological polar surface area (TPSA) is 107 Å². The van der Waals surface area contributed by atoms with E-state index in [9.17, 15) is 18.3 Å². The minimum Gasteiger partial charge on any atom is -0.491 e. The van der Waals surface area contributed by atoms with E-state index in [0.717, 1.165) is 11.8 Å². The molecule has 0 amide bonds. The zero-order chi connectivity index (χ0) is 18.9. The zero-order valence-electron chi connectivity index (χ0n) is 14.7. The van der Waals surface area contributed by atoms with Crippen molar-refractivity contribution in [3.8, 4) is 5.75 Å². The second-order valence-electron chi connectivity index (χ2n) is 7.10. The van der Waals surface area contributed by atoms with Crippen molar-refractivity contribution in [3.05, 3.63) is 29.8 Å². The van der Waals surface area contributed by atoms with E-state index >= 15 is 0 Å². The normalized spacial score (nSPS) is 26.8. The summed E-state index contributed by atoms with van der Waals surface area (Å²) in [5.41, 5.74) is -0.0606. The number of benzene rings is 1. The van der Waals surface area contributed by atoms with Crippen LogP contribution in [0, 0.1) is 11.3 Å². The third-order valence-electron chi connectivity index (χ3n) is 5.21. The number of aliphatic carboxylic acids is 1. The van der Waals surface area contributed by atoms with Crippen LogP contribution in [0.15, 0.2) is 24.3 Å². The first-order valence-corrected chi connectivity index (χ1v) is 10.3. The number of fused-ring (bicyclic) bond motifs is 1. The van der Waals surface area contributed by atoms with Crippen LogP contribution in [0.4, 0.5) is 0 Å². The molecule has 2 saturated heterocycles. The van der Waals surface area contributed by atoms with Gasteiger partial charge in [0.15, 0.2) is 0 Å². The smallest absolute Gasteiger partial charge is 0.312 e. The number of ether oxygens (including phenoxy) is 1. The largest absolute Gasteiger partial charge is 0.491 e. The van der Waals surface area contributed by atoms with Gasteiger partial charge < -0.3 is 14.9 Å². The lowest BCUT2D eigenvalue weighted by Crippen LogP contribution is -2.41. The van der Waals surface area contributed by atoms with Gasteiger partial charge in [-0.3, -0.25) is 9.69 Å². The Morgan fingerprint density at radius 1 is 1.35 bits per heavy atom. The van der Waals surface area contributed by atoms with Gasteiger partial charge in [0.25, 0.3) is 0 Å². The molecule has 2 fully saturated rings. The van der Waals surface area contributed by atoms with Crippen LogP contribution in [0.25, 0.3) is 0 Å². The summed E-state index contributed by atoms with van der Waals surface area (Å²) in [5, 5.41) is 18.6. The Morgan fingerprint density at radius 3 is 2.73 bits per heavy atom. The number of carbonyl (C=O) groups is 1. The molecule has 1 aromatic carbocycles. The van der Waals surface area contributed by atoms with Crippen LogP contribution in [0.5, 0.6) is 5.75 Å². The highest BCUT2D eigenvalue weighted by Gasteiger charge is 2.59. The number of hydrogen-bond acceptors (Lipinski definition) is 6. The fourth-order valence-electron chi connectivity index (χ4n) is 3.95. The Labute approximate surface area is 153 Å². The maximum Gasteiger partial charge on any atom is 0.312 e. The molecule has 26 heavy (non-hydrogen) atoms. The minimum atomic E-state index is -3.39. The number of nitrogens with zero attached hydrogens (tertiary/aromatic N) is 2. The van der Waals surface area contributed by atoms with E-state index in [4.69, 9.17) is 9.84 Å². The van der Waals surface area contributed by atoms with E-state index in [0.29, 0.717) is 25.4 Å². The third kappa shape index (κ3) is 3.71. The average Bonchev–Trinajstić information content (AvgIpc) is 3.08. The lowest BCUT2D eigenvalue weighted by molar-refractivity contribution is -0.148. The maximum absolute atomic E-state index is 12.0. The summed E-state index contributed by atoms with van der Waals surface area (Å²) in [5.74, 6) is -0.494. The summed E-state index contributed by atoms with van der Waals surface area (Å²) in [6.45, 7) is 1.87. The number of likely N-dealkylation sites (tertiary alicyclic amines) is 1. The number of hydrogen-bond donors (Lipinski definition) is 2. The summed E-state index contributed by atoms with van der Waals surface area (Å²) in [6.07, 6.45) is 1.12. The lowest BCUT2D eigenvalue weighted by atomic mass is 9.81. The number of carboxylic acids is 1. The fraction of sp³-hybridized carbons (Fsp3) is 0.588. The van der Waals surface area contributed by atoms with Crippen molar-refractivity contribution in [2.24, 2.45) is 11.3 Å².